The number of aliphatic hydroxyl groups is 1. The maximum absolute atomic E-state index is 12.9. The van der Waals surface area contributed by atoms with Crippen LogP contribution in [0.4, 0.5) is 0 Å². The summed E-state index contributed by atoms with van der Waals surface area (Å²) in [5.41, 5.74) is 1.02. The monoisotopic (exact) mass is 429 g/mol. The highest BCUT2D eigenvalue weighted by molar-refractivity contribution is 6.46. The Morgan fingerprint density at radius 3 is 2.67 bits per heavy atom. The molecule has 1 atom stereocenters. The highest BCUT2D eigenvalue weighted by atomic mass is 35.5. The predicted molar refractivity (Wildman–Crippen MR) is 114 cm³/mol. The Kier molecular flexibility index (Phi) is 6.74. The number of ether oxygens (including phenoxy) is 1. The summed E-state index contributed by atoms with van der Waals surface area (Å²) in [7, 11) is 5.38. The van der Waals surface area contributed by atoms with Crippen molar-refractivity contribution in [3.8, 4) is 5.75 Å². The van der Waals surface area contributed by atoms with Gasteiger partial charge in [-0.25, -0.2) is 0 Å². The maximum Gasteiger partial charge on any atom is 0.295 e. The highest BCUT2D eigenvalue weighted by Gasteiger charge is 2.45. The molecular weight excluding hydrogens is 406 g/mol. The van der Waals surface area contributed by atoms with Gasteiger partial charge in [0.05, 0.1) is 23.7 Å². The summed E-state index contributed by atoms with van der Waals surface area (Å²) in [6.07, 6.45) is 3.90. The van der Waals surface area contributed by atoms with E-state index in [0.717, 1.165) is 6.54 Å². The van der Waals surface area contributed by atoms with Gasteiger partial charge in [-0.2, -0.15) is 0 Å². The van der Waals surface area contributed by atoms with E-state index in [1.807, 2.05) is 19.0 Å². The number of likely N-dealkylation sites (tertiary alicyclic amines) is 1. The van der Waals surface area contributed by atoms with Gasteiger partial charge in [-0.05, 0) is 56.9 Å². The van der Waals surface area contributed by atoms with E-state index in [9.17, 15) is 14.7 Å². The van der Waals surface area contributed by atoms with E-state index in [-0.39, 0.29) is 11.3 Å². The highest BCUT2D eigenvalue weighted by Crippen LogP contribution is 2.40. The minimum atomic E-state index is -0.724. The lowest BCUT2D eigenvalue weighted by molar-refractivity contribution is -0.139. The van der Waals surface area contributed by atoms with E-state index >= 15 is 0 Å². The zero-order valence-corrected chi connectivity index (χ0v) is 17.9. The number of nitrogens with zero attached hydrogens (tertiary/aromatic N) is 3. The quantitative estimate of drug-likeness (QED) is 0.413. The largest absolute Gasteiger partial charge is 0.507 e. The van der Waals surface area contributed by atoms with Crippen LogP contribution in [0.15, 0.2) is 48.3 Å². The number of rotatable bonds is 7. The van der Waals surface area contributed by atoms with Crippen molar-refractivity contribution < 1.29 is 19.4 Å². The number of amides is 1. The molecule has 1 aromatic heterocycles. The summed E-state index contributed by atoms with van der Waals surface area (Å²) in [4.78, 5) is 33.4. The third-order valence-corrected chi connectivity index (χ3v) is 5.27. The number of Topliss-reactive ketones (excluding diaryl/α,β-unsaturated/α-hetero) is 1. The summed E-state index contributed by atoms with van der Waals surface area (Å²) in [5.74, 6) is -1.19. The average molecular weight is 430 g/mol. The van der Waals surface area contributed by atoms with E-state index < -0.39 is 17.7 Å². The molecule has 2 aromatic rings. The van der Waals surface area contributed by atoms with Gasteiger partial charge in [0.25, 0.3) is 11.7 Å². The van der Waals surface area contributed by atoms with Crippen molar-refractivity contribution in [1.29, 1.82) is 0 Å². The van der Waals surface area contributed by atoms with Gasteiger partial charge in [0.2, 0.25) is 0 Å². The molecule has 0 unspecified atom stereocenters. The van der Waals surface area contributed by atoms with Gasteiger partial charge < -0.3 is 19.6 Å². The van der Waals surface area contributed by atoms with Crippen LogP contribution in [0.2, 0.25) is 5.02 Å². The molecule has 1 aliphatic rings. The third-order valence-electron chi connectivity index (χ3n) is 4.97. The number of aliphatic hydroxyl groups excluding tert-OH is 1. The predicted octanol–water partition coefficient (Wildman–Crippen LogP) is 3.12. The van der Waals surface area contributed by atoms with Gasteiger partial charge in [-0.3, -0.25) is 14.6 Å². The number of hydrogen-bond acceptors (Lipinski definition) is 6. The summed E-state index contributed by atoms with van der Waals surface area (Å²) in [5, 5.41) is 11.3. The molecule has 1 aromatic carbocycles. The van der Waals surface area contributed by atoms with Crippen LogP contribution >= 0.6 is 11.6 Å². The van der Waals surface area contributed by atoms with E-state index in [4.69, 9.17) is 16.3 Å². The fraction of sp³-hybridized carbons (Fsp3) is 0.318. The van der Waals surface area contributed by atoms with Crippen LogP contribution in [0.3, 0.4) is 0 Å². The number of halogens is 1. The Morgan fingerprint density at radius 2 is 2.07 bits per heavy atom. The summed E-state index contributed by atoms with van der Waals surface area (Å²) in [6, 6.07) is 7.51. The molecular formula is C22H24ClN3O4. The van der Waals surface area contributed by atoms with Gasteiger partial charge in [0.1, 0.15) is 11.5 Å². The number of carbonyl (C=O) groups is 2. The molecule has 0 aliphatic carbocycles. The molecule has 7 nitrogen and oxygen atoms in total. The first-order valence-electron chi connectivity index (χ1n) is 9.52. The van der Waals surface area contributed by atoms with Crippen molar-refractivity contribution in [3.63, 3.8) is 0 Å². The van der Waals surface area contributed by atoms with Crippen LogP contribution in [0.5, 0.6) is 5.75 Å². The lowest BCUT2D eigenvalue weighted by Crippen LogP contribution is -2.32. The van der Waals surface area contributed by atoms with Crippen molar-refractivity contribution in [1.82, 2.24) is 14.8 Å². The summed E-state index contributed by atoms with van der Waals surface area (Å²) >= 11 is 6.19. The zero-order valence-electron chi connectivity index (χ0n) is 17.1. The van der Waals surface area contributed by atoms with Gasteiger partial charge in [0.15, 0.2) is 0 Å². The van der Waals surface area contributed by atoms with Crippen LogP contribution in [0.1, 0.15) is 23.6 Å². The number of benzene rings is 1. The topological polar surface area (TPSA) is 83.0 Å². The fourth-order valence-electron chi connectivity index (χ4n) is 3.52. The second kappa shape index (κ2) is 9.28. The molecule has 8 heteroatoms. The Hall–Kier alpha value is -2.90. The smallest absolute Gasteiger partial charge is 0.295 e. The van der Waals surface area contributed by atoms with Gasteiger partial charge in [0, 0.05) is 24.5 Å². The van der Waals surface area contributed by atoms with Crippen LogP contribution in [-0.2, 0) is 9.59 Å². The number of hydrogen-bond donors (Lipinski definition) is 1. The lowest BCUT2D eigenvalue weighted by Gasteiger charge is -2.25. The molecule has 0 saturated carbocycles. The normalized spacial score (nSPS) is 18.3. The Labute approximate surface area is 180 Å². The summed E-state index contributed by atoms with van der Waals surface area (Å²) in [6.45, 7) is 1.14. The molecule has 0 radical (unpaired) electrons. The third kappa shape index (κ3) is 4.32. The number of ketones is 1. The first-order valence-corrected chi connectivity index (χ1v) is 9.90. The Morgan fingerprint density at radius 1 is 1.30 bits per heavy atom. The maximum atomic E-state index is 12.9. The zero-order chi connectivity index (χ0) is 21.8. The van der Waals surface area contributed by atoms with E-state index in [1.54, 1.807) is 36.7 Å². The first-order chi connectivity index (χ1) is 14.3. The number of methoxy groups -OCH3 is 1. The van der Waals surface area contributed by atoms with Crippen LogP contribution in [0.25, 0.3) is 5.76 Å². The molecule has 1 fully saturated rings. The molecule has 158 valence electrons. The minimum absolute atomic E-state index is 0.0269. The second-order valence-corrected chi connectivity index (χ2v) is 7.69. The fourth-order valence-corrected chi connectivity index (χ4v) is 3.78. The van der Waals surface area contributed by atoms with Gasteiger partial charge >= 0.3 is 0 Å². The minimum Gasteiger partial charge on any atom is -0.507 e. The van der Waals surface area contributed by atoms with Crippen molar-refractivity contribution >= 4 is 29.1 Å². The van der Waals surface area contributed by atoms with Crippen molar-refractivity contribution in [2.75, 3.05) is 34.3 Å². The molecule has 1 saturated heterocycles. The molecule has 30 heavy (non-hydrogen) atoms. The standard InChI is InChI=1S/C22H24ClN3O4/c1-25(2)10-5-11-26-19(15-6-4-9-24-13-15)18(21(28)22(26)29)20(27)14-7-8-17(30-3)16(23)12-14/h4,6-9,12-13,19,27H,5,10-11H2,1-3H3/b20-18+/t19-/m1/s1. The van der Waals surface area contributed by atoms with Crippen LogP contribution in [-0.4, -0.2) is 65.9 Å². The molecule has 1 N–H and O–H groups in total. The SMILES string of the molecule is COc1ccc(/C(O)=C2\C(=O)C(=O)N(CCCN(C)C)[C@@H]2c2cccnc2)cc1Cl. The van der Waals surface area contributed by atoms with Crippen molar-refractivity contribution in [3.05, 3.63) is 64.4 Å². The lowest BCUT2D eigenvalue weighted by atomic mass is 9.96. The second-order valence-electron chi connectivity index (χ2n) is 7.29. The number of pyridine rings is 1. The van der Waals surface area contributed by atoms with Gasteiger partial charge in [-0.1, -0.05) is 17.7 Å². The number of aromatic nitrogens is 1. The van der Waals surface area contributed by atoms with Crippen LogP contribution in [0, 0.1) is 0 Å². The number of carbonyl (C=O) groups excluding carboxylic acids is 2. The van der Waals surface area contributed by atoms with E-state index in [1.165, 1.54) is 18.1 Å². The van der Waals surface area contributed by atoms with Crippen molar-refractivity contribution in [2.24, 2.45) is 0 Å². The molecule has 0 bridgehead atoms. The molecule has 1 amide bonds. The first kappa shape index (κ1) is 21.8. The Balaban J connectivity index is 2.08. The van der Waals surface area contributed by atoms with E-state index in [2.05, 4.69) is 4.98 Å². The molecule has 2 heterocycles. The Bertz CT molecular complexity index is 976. The molecule has 0 spiro atoms. The van der Waals surface area contributed by atoms with Crippen molar-refractivity contribution in [2.45, 2.75) is 12.5 Å². The average Bonchev–Trinajstić information content (AvgIpc) is 2.98. The molecule has 3 rings (SSSR count). The van der Waals surface area contributed by atoms with Crippen LogP contribution < -0.4 is 4.74 Å². The van der Waals surface area contributed by atoms with Gasteiger partial charge in [-0.15, -0.1) is 0 Å². The summed E-state index contributed by atoms with van der Waals surface area (Å²) < 4.78 is 5.14. The van der Waals surface area contributed by atoms with E-state index in [0.29, 0.717) is 34.9 Å². The molecule has 1 aliphatic heterocycles.